The fourth-order valence-electron chi connectivity index (χ4n) is 4.40. The third kappa shape index (κ3) is 4.12. The minimum Gasteiger partial charge on any atom is -0.496 e. The first-order valence-electron chi connectivity index (χ1n) is 10.5. The molecule has 1 amide bonds. The van der Waals surface area contributed by atoms with Crippen molar-refractivity contribution in [1.82, 2.24) is 14.7 Å². The molecular formula is C23H28ClN3O3. The normalized spacial score (nSPS) is 20.7. The summed E-state index contributed by atoms with van der Waals surface area (Å²) in [7, 11) is 1.63. The third-order valence-electron chi connectivity index (χ3n) is 6.36. The second kappa shape index (κ2) is 8.82. The van der Waals surface area contributed by atoms with Crippen LogP contribution in [0.5, 0.6) is 5.75 Å². The first-order chi connectivity index (χ1) is 14.5. The summed E-state index contributed by atoms with van der Waals surface area (Å²) in [6.45, 7) is 8.49. The summed E-state index contributed by atoms with van der Waals surface area (Å²) in [5.74, 6) is 1.20. The van der Waals surface area contributed by atoms with E-state index in [1.165, 1.54) is 6.08 Å². The van der Waals surface area contributed by atoms with Gasteiger partial charge in [-0.3, -0.25) is 14.5 Å². The summed E-state index contributed by atoms with van der Waals surface area (Å²) in [5, 5.41) is 0.733. The van der Waals surface area contributed by atoms with Crippen LogP contribution >= 0.6 is 11.6 Å². The Morgan fingerprint density at radius 1 is 1.17 bits per heavy atom. The quantitative estimate of drug-likeness (QED) is 0.492. The van der Waals surface area contributed by atoms with Crippen molar-refractivity contribution in [3.8, 4) is 5.75 Å². The summed E-state index contributed by atoms with van der Waals surface area (Å²) in [4.78, 5) is 29.6. The fraction of sp³-hybridized carbons (Fsp3) is 0.478. The molecule has 3 fully saturated rings. The summed E-state index contributed by atoms with van der Waals surface area (Å²) in [6.07, 6.45) is 6.16. The summed E-state index contributed by atoms with van der Waals surface area (Å²) in [5.41, 5.74) is 2.96. The number of amides is 1. The van der Waals surface area contributed by atoms with Gasteiger partial charge >= 0.3 is 0 Å². The van der Waals surface area contributed by atoms with Gasteiger partial charge in [-0.2, -0.15) is 0 Å². The van der Waals surface area contributed by atoms with Gasteiger partial charge in [-0.15, -0.1) is 0 Å². The van der Waals surface area contributed by atoms with E-state index in [2.05, 4.69) is 22.4 Å². The zero-order valence-electron chi connectivity index (χ0n) is 17.3. The number of methoxy groups -OCH3 is 1. The van der Waals surface area contributed by atoms with E-state index in [1.807, 2.05) is 11.0 Å². The fourth-order valence-corrected chi connectivity index (χ4v) is 4.71. The number of aldehydes is 1. The van der Waals surface area contributed by atoms with Crippen LogP contribution in [-0.4, -0.2) is 79.3 Å². The van der Waals surface area contributed by atoms with E-state index in [0.717, 1.165) is 80.2 Å². The highest BCUT2D eigenvalue weighted by Crippen LogP contribution is 2.46. The lowest BCUT2D eigenvalue weighted by molar-refractivity contribution is -0.133. The Bertz CT molecular complexity index is 867. The van der Waals surface area contributed by atoms with E-state index < -0.39 is 0 Å². The van der Waals surface area contributed by atoms with Crippen molar-refractivity contribution >= 4 is 29.5 Å². The summed E-state index contributed by atoms with van der Waals surface area (Å²) in [6, 6.07) is 4.38. The maximum absolute atomic E-state index is 11.7. The van der Waals surface area contributed by atoms with Crippen molar-refractivity contribution in [2.75, 3.05) is 46.4 Å². The van der Waals surface area contributed by atoms with Crippen molar-refractivity contribution in [1.29, 1.82) is 0 Å². The molecule has 7 heteroatoms. The molecule has 1 saturated carbocycles. The van der Waals surface area contributed by atoms with Crippen LogP contribution in [-0.2, 0) is 9.59 Å². The molecule has 0 radical (unpaired) electrons. The molecule has 30 heavy (non-hydrogen) atoms. The van der Waals surface area contributed by atoms with Gasteiger partial charge < -0.3 is 14.5 Å². The molecule has 0 bridgehead atoms. The highest BCUT2D eigenvalue weighted by molar-refractivity contribution is 6.31. The number of likely N-dealkylation sites (tertiary alicyclic amines) is 1. The molecule has 2 heterocycles. The molecule has 0 unspecified atom stereocenters. The zero-order valence-corrected chi connectivity index (χ0v) is 18.1. The number of carbonyl (C=O) groups is 2. The van der Waals surface area contributed by atoms with Gasteiger partial charge in [0, 0.05) is 62.0 Å². The number of hydrogen-bond acceptors (Lipinski definition) is 5. The first kappa shape index (κ1) is 20.9. The molecule has 1 aliphatic carbocycles. The largest absolute Gasteiger partial charge is 0.496 e. The van der Waals surface area contributed by atoms with Crippen molar-refractivity contribution < 1.29 is 14.3 Å². The molecule has 1 aromatic carbocycles. The molecular weight excluding hydrogens is 402 g/mol. The molecule has 0 spiro atoms. The van der Waals surface area contributed by atoms with Crippen LogP contribution in [0.1, 0.15) is 29.9 Å². The van der Waals surface area contributed by atoms with Gasteiger partial charge in [0.25, 0.3) is 0 Å². The van der Waals surface area contributed by atoms with Crippen LogP contribution in [0, 0.1) is 0 Å². The average molecular weight is 430 g/mol. The summed E-state index contributed by atoms with van der Waals surface area (Å²) < 4.78 is 5.61. The highest BCUT2D eigenvalue weighted by Gasteiger charge is 2.36. The van der Waals surface area contributed by atoms with Crippen LogP contribution in [0.25, 0.3) is 5.70 Å². The predicted molar refractivity (Wildman–Crippen MR) is 118 cm³/mol. The second-order valence-corrected chi connectivity index (χ2v) is 8.57. The van der Waals surface area contributed by atoms with Crippen LogP contribution in [0.15, 0.2) is 30.9 Å². The SMILES string of the molecule is C=CC(=O)N1CC(N2CCN(/C(=C\C=O)c3cc(C4CC4)c(Cl)cc3OC)CC2)C1. The van der Waals surface area contributed by atoms with E-state index in [0.29, 0.717) is 17.7 Å². The molecule has 6 nitrogen and oxygen atoms in total. The highest BCUT2D eigenvalue weighted by atomic mass is 35.5. The maximum atomic E-state index is 11.7. The smallest absolute Gasteiger partial charge is 0.246 e. The molecule has 3 aliphatic rings. The predicted octanol–water partition coefficient (Wildman–Crippen LogP) is 2.78. The van der Waals surface area contributed by atoms with Crippen LogP contribution in [0.3, 0.4) is 0 Å². The Labute approximate surface area is 182 Å². The van der Waals surface area contributed by atoms with Crippen LogP contribution < -0.4 is 4.74 Å². The van der Waals surface area contributed by atoms with Crippen LogP contribution in [0.2, 0.25) is 5.02 Å². The second-order valence-electron chi connectivity index (χ2n) is 8.16. The van der Waals surface area contributed by atoms with Crippen LogP contribution in [0.4, 0.5) is 0 Å². The molecule has 4 rings (SSSR count). The Hall–Kier alpha value is -2.31. The van der Waals surface area contributed by atoms with E-state index in [9.17, 15) is 9.59 Å². The van der Waals surface area contributed by atoms with Crippen molar-refractivity contribution in [3.63, 3.8) is 0 Å². The van der Waals surface area contributed by atoms with Gasteiger partial charge in [0.05, 0.1) is 12.8 Å². The van der Waals surface area contributed by atoms with Gasteiger partial charge in [0.1, 0.15) is 12.0 Å². The van der Waals surface area contributed by atoms with Crippen molar-refractivity contribution in [3.05, 3.63) is 47.0 Å². The van der Waals surface area contributed by atoms with E-state index in [1.54, 1.807) is 13.2 Å². The van der Waals surface area contributed by atoms with Gasteiger partial charge in [0.2, 0.25) is 5.91 Å². The number of allylic oxidation sites excluding steroid dienone is 1. The van der Waals surface area contributed by atoms with Crippen molar-refractivity contribution in [2.24, 2.45) is 0 Å². The molecule has 2 aliphatic heterocycles. The molecule has 0 aromatic heterocycles. The molecule has 0 N–H and O–H groups in total. The maximum Gasteiger partial charge on any atom is 0.246 e. The standard InChI is InChI=1S/C23H28ClN3O3/c1-3-23(29)27-14-17(15-27)25-7-9-26(10-8-25)21(6-11-28)19-12-18(16-4-5-16)20(24)13-22(19)30-2/h3,6,11-13,16-17H,1,4-5,7-10,14-15H2,2H3/b21-6-. The van der Waals surface area contributed by atoms with Gasteiger partial charge in [-0.25, -0.2) is 0 Å². The lowest BCUT2D eigenvalue weighted by Crippen LogP contribution is -2.63. The van der Waals surface area contributed by atoms with Gasteiger partial charge in [-0.05, 0) is 42.5 Å². The monoisotopic (exact) mass is 429 g/mol. The Morgan fingerprint density at radius 3 is 2.43 bits per heavy atom. The number of nitrogens with zero attached hydrogens (tertiary/aromatic N) is 3. The molecule has 0 atom stereocenters. The topological polar surface area (TPSA) is 53.1 Å². The Kier molecular flexibility index (Phi) is 6.16. The average Bonchev–Trinajstić information content (AvgIpc) is 3.56. The number of ether oxygens (including phenoxy) is 1. The Morgan fingerprint density at radius 2 is 1.87 bits per heavy atom. The Balaban J connectivity index is 1.47. The van der Waals surface area contributed by atoms with Crippen molar-refractivity contribution in [2.45, 2.75) is 24.8 Å². The lowest BCUT2D eigenvalue weighted by atomic mass is 10.0. The minimum absolute atomic E-state index is 0.00221. The number of benzene rings is 1. The summed E-state index contributed by atoms with van der Waals surface area (Å²) >= 11 is 6.48. The number of rotatable bonds is 7. The van der Waals surface area contributed by atoms with Gasteiger partial charge in [-0.1, -0.05) is 18.2 Å². The minimum atomic E-state index is 0.00221. The number of hydrogen-bond donors (Lipinski definition) is 0. The number of piperazine rings is 1. The molecule has 2 saturated heterocycles. The number of halogens is 1. The van der Waals surface area contributed by atoms with Gasteiger partial charge in [0.15, 0.2) is 0 Å². The first-order valence-corrected chi connectivity index (χ1v) is 10.9. The van der Waals surface area contributed by atoms with E-state index in [4.69, 9.17) is 16.3 Å². The van der Waals surface area contributed by atoms with E-state index in [-0.39, 0.29) is 5.91 Å². The lowest BCUT2D eigenvalue weighted by Gasteiger charge is -2.48. The molecule has 160 valence electrons. The zero-order chi connectivity index (χ0) is 21.3. The third-order valence-corrected chi connectivity index (χ3v) is 6.69. The van der Waals surface area contributed by atoms with E-state index >= 15 is 0 Å². The molecule has 1 aromatic rings. The number of carbonyl (C=O) groups excluding carboxylic acids is 2.